The third kappa shape index (κ3) is 5.44. The second kappa shape index (κ2) is 11.5. The molecule has 0 aromatic rings. The van der Waals surface area contributed by atoms with E-state index in [0.717, 1.165) is 5.92 Å². The van der Waals surface area contributed by atoms with Gasteiger partial charge in [0.05, 0.1) is 6.10 Å². The van der Waals surface area contributed by atoms with Crippen LogP contribution in [0.15, 0.2) is 11.1 Å². The van der Waals surface area contributed by atoms with E-state index in [9.17, 15) is 0 Å². The zero-order valence-corrected chi connectivity index (χ0v) is 24.7. The molecule has 182 valence electrons. The van der Waals surface area contributed by atoms with E-state index in [-0.39, 0.29) is 0 Å². The van der Waals surface area contributed by atoms with Crippen LogP contribution in [-0.4, -0.2) is 28.7 Å². The minimum absolute atomic E-state index is 0.406. The highest BCUT2D eigenvalue weighted by atomic mass is 28.4. The average molecular weight is 466 g/mol. The molecule has 0 bridgehead atoms. The predicted molar refractivity (Wildman–Crippen MR) is 144 cm³/mol. The van der Waals surface area contributed by atoms with Gasteiger partial charge in [-0.25, -0.2) is 0 Å². The van der Waals surface area contributed by atoms with Crippen molar-refractivity contribution in [2.45, 2.75) is 155 Å². The molecule has 0 amide bonds. The molecule has 2 nitrogen and oxygen atoms in total. The second-order valence-electron chi connectivity index (χ2n) is 11.6. The van der Waals surface area contributed by atoms with Gasteiger partial charge < -0.3 is 9.41 Å². The fraction of sp³-hybridized carbons (Fsp3) is 0.926. The monoisotopic (exact) mass is 465 g/mol. The van der Waals surface area contributed by atoms with Gasteiger partial charge in [0.15, 0.2) is 0 Å². The summed E-state index contributed by atoms with van der Waals surface area (Å²) in [6.07, 6.45) is 8.29. The van der Waals surface area contributed by atoms with Gasteiger partial charge in [-0.3, -0.25) is 0 Å². The summed E-state index contributed by atoms with van der Waals surface area (Å²) >= 11 is 0. The summed E-state index contributed by atoms with van der Waals surface area (Å²) in [5.74, 6) is 0.782. The molecule has 1 fully saturated rings. The van der Waals surface area contributed by atoms with Crippen LogP contribution in [0.4, 0.5) is 0 Å². The Bertz CT molecular complexity index is 564. The Morgan fingerprint density at radius 3 is 1.87 bits per heavy atom. The molecule has 0 aromatic carbocycles. The number of hydrogen-bond acceptors (Lipinski definition) is 2. The van der Waals surface area contributed by atoms with Crippen LogP contribution in [0, 0.1) is 5.92 Å². The van der Waals surface area contributed by atoms with Crippen LogP contribution in [0.2, 0.25) is 34.8 Å². The van der Waals surface area contributed by atoms with E-state index in [2.05, 4.69) is 74.2 Å². The molecular formula is C27H55NOSi2. The number of fused-ring (bicyclic) bond motifs is 1. The first-order chi connectivity index (χ1) is 14.6. The molecular weight excluding hydrogens is 410 g/mol. The summed E-state index contributed by atoms with van der Waals surface area (Å²) in [5.41, 5.74) is 5.57. The fourth-order valence-corrected chi connectivity index (χ4v) is 16.0. The van der Waals surface area contributed by atoms with Crippen LogP contribution < -0.4 is 4.98 Å². The van der Waals surface area contributed by atoms with Gasteiger partial charge in [-0.2, -0.15) is 0 Å². The number of hydrogen-bond donors (Lipinski definition) is 1. The average Bonchev–Trinajstić information content (AvgIpc) is 3.26. The maximum absolute atomic E-state index is 7.43. The Hall–Kier alpha value is 0.0938. The van der Waals surface area contributed by atoms with Gasteiger partial charge in [-0.15, -0.1) is 0 Å². The highest BCUT2D eigenvalue weighted by Crippen LogP contribution is 2.51. The maximum Gasteiger partial charge on any atom is 0.201 e. The van der Waals surface area contributed by atoms with Crippen molar-refractivity contribution >= 4 is 16.6 Å². The van der Waals surface area contributed by atoms with Gasteiger partial charge in [0.1, 0.15) is 8.24 Å². The quantitative estimate of drug-likeness (QED) is 0.217. The first kappa shape index (κ1) is 27.3. The standard InChI is InChI=1S/C27H55NOSi2/c1-11-15-16-24-25(28-30(12-2,13-3)14-4)19-23-17-18-26(27(23)24)29-31(20(5)6,21(7)8)22(9)10/h20-23,25-26,28H,11-19H2,1-10H3. The SMILES string of the molecule is CCCCC1=C2C(CCC2O[Si](C(C)C)(C(C)C)C(C)C)CC1N[Si](CC)(CC)CC. The lowest BCUT2D eigenvalue weighted by atomic mass is 10.00. The van der Waals surface area contributed by atoms with Crippen molar-refractivity contribution < 1.29 is 4.43 Å². The van der Waals surface area contributed by atoms with Crippen LogP contribution in [-0.2, 0) is 4.43 Å². The summed E-state index contributed by atoms with van der Waals surface area (Å²) < 4.78 is 7.43. The Morgan fingerprint density at radius 2 is 1.42 bits per heavy atom. The van der Waals surface area contributed by atoms with Crippen LogP contribution in [0.5, 0.6) is 0 Å². The molecule has 0 heterocycles. The number of unbranched alkanes of at least 4 members (excludes halogenated alkanes) is 1. The van der Waals surface area contributed by atoms with E-state index in [1.54, 1.807) is 11.1 Å². The van der Waals surface area contributed by atoms with E-state index in [1.165, 1.54) is 56.7 Å². The van der Waals surface area contributed by atoms with Crippen molar-refractivity contribution in [2.75, 3.05) is 0 Å². The van der Waals surface area contributed by atoms with E-state index >= 15 is 0 Å². The minimum atomic E-state index is -1.85. The Balaban J connectivity index is 2.41. The lowest BCUT2D eigenvalue weighted by Crippen LogP contribution is -2.54. The Morgan fingerprint density at radius 1 is 0.871 bits per heavy atom. The van der Waals surface area contributed by atoms with Crippen LogP contribution in [0.25, 0.3) is 0 Å². The van der Waals surface area contributed by atoms with E-state index < -0.39 is 16.6 Å². The second-order valence-corrected chi connectivity index (χ2v) is 21.9. The third-order valence-electron chi connectivity index (χ3n) is 9.24. The van der Waals surface area contributed by atoms with Gasteiger partial charge in [0, 0.05) is 6.04 Å². The number of nitrogens with one attached hydrogen (secondary N) is 1. The molecule has 0 saturated heterocycles. The summed E-state index contributed by atoms with van der Waals surface area (Å²) in [4.78, 5) is 4.35. The molecule has 4 heteroatoms. The maximum atomic E-state index is 7.43. The van der Waals surface area contributed by atoms with E-state index in [1.807, 2.05) is 0 Å². The van der Waals surface area contributed by atoms with Gasteiger partial charge in [0.2, 0.25) is 8.32 Å². The molecule has 2 aliphatic carbocycles. The van der Waals surface area contributed by atoms with Gasteiger partial charge in [0.25, 0.3) is 0 Å². The summed E-state index contributed by atoms with van der Waals surface area (Å²) in [5, 5.41) is 0. The molecule has 1 saturated carbocycles. The highest BCUT2D eigenvalue weighted by molar-refractivity contribution is 6.78. The summed E-state index contributed by atoms with van der Waals surface area (Å²) in [6.45, 7) is 24.3. The highest BCUT2D eigenvalue weighted by Gasteiger charge is 2.50. The van der Waals surface area contributed by atoms with Crippen molar-refractivity contribution in [3.05, 3.63) is 11.1 Å². The Kier molecular flexibility index (Phi) is 10.1. The first-order valence-electron chi connectivity index (χ1n) is 13.8. The number of rotatable bonds is 13. The first-order valence-corrected chi connectivity index (χ1v) is 18.6. The molecule has 0 radical (unpaired) electrons. The van der Waals surface area contributed by atoms with Crippen LogP contribution >= 0.6 is 0 Å². The largest absolute Gasteiger partial charge is 0.409 e. The fourth-order valence-electron chi connectivity index (χ4n) is 7.30. The molecule has 3 atom stereocenters. The lowest BCUT2D eigenvalue weighted by molar-refractivity contribution is 0.210. The van der Waals surface area contributed by atoms with E-state index in [0.29, 0.717) is 28.8 Å². The van der Waals surface area contributed by atoms with Gasteiger partial charge >= 0.3 is 0 Å². The summed E-state index contributed by atoms with van der Waals surface area (Å²) in [6, 6.07) is 4.72. The van der Waals surface area contributed by atoms with Gasteiger partial charge in [-0.1, -0.05) is 81.2 Å². The smallest absolute Gasteiger partial charge is 0.201 e. The molecule has 31 heavy (non-hydrogen) atoms. The third-order valence-corrected chi connectivity index (χ3v) is 20.4. The van der Waals surface area contributed by atoms with Crippen LogP contribution in [0.3, 0.4) is 0 Å². The minimum Gasteiger partial charge on any atom is -0.409 e. The molecule has 0 aliphatic heterocycles. The Labute approximate surface area is 197 Å². The van der Waals surface area contributed by atoms with Crippen molar-refractivity contribution in [3.63, 3.8) is 0 Å². The van der Waals surface area contributed by atoms with E-state index in [4.69, 9.17) is 4.43 Å². The topological polar surface area (TPSA) is 21.3 Å². The predicted octanol–water partition coefficient (Wildman–Crippen LogP) is 8.81. The van der Waals surface area contributed by atoms with Crippen molar-refractivity contribution in [3.8, 4) is 0 Å². The zero-order chi connectivity index (χ0) is 23.4. The summed E-state index contributed by atoms with van der Waals surface area (Å²) in [7, 11) is -3.20. The molecule has 0 aromatic heterocycles. The molecule has 0 spiro atoms. The van der Waals surface area contributed by atoms with Crippen LogP contribution in [0.1, 0.15) is 108 Å². The normalized spacial score (nSPS) is 24.9. The van der Waals surface area contributed by atoms with Crippen molar-refractivity contribution in [2.24, 2.45) is 5.92 Å². The molecule has 1 N–H and O–H groups in total. The van der Waals surface area contributed by atoms with Crippen molar-refractivity contribution in [1.82, 2.24) is 4.98 Å². The molecule has 2 aliphatic rings. The van der Waals surface area contributed by atoms with Crippen molar-refractivity contribution in [1.29, 1.82) is 0 Å². The molecule has 3 unspecified atom stereocenters. The zero-order valence-electron chi connectivity index (χ0n) is 22.7. The molecule has 2 rings (SSSR count). The lowest BCUT2D eigenvalue weighted by Gasteiger charge is -2.44. The van der Waals surface area contributed by atoms with Gasteiger partial charge in [-0.05, 0) is 78.4 Å².